The van der Waals surface area contributed by atoms with Crippen LogP contribution in [0.3, 0.4) is 0 Å². The van der Waals surface area contributed by atoms with Gasteiger partial charge in [-0.1, -0.05) is 64.0 Å². The molecule has 2 atom stereocenters. The lowest BCUT2D eigenvalue weighted by Gasteiger charge is -2.36. The Labute approximate surface area is 298 Å². The van der Waals surface area contributed by atoms with E-state index in [1.54, 1.807) is 13.8 Å². The third-order valence-electron chi connectivity index (χ3n) is 10.0. The molecular weight excluding hydrogens is 624 g/mol. The van der Waals surface area contributed by atoms with E-state index >= 15 is 0 Å². The molecule has 3 aromatic rings. The van der Waals surface area contributed by atoms with Gasteiger partial charge in [0.05, 0.1) is 17.3 Å². The summed E-state index contributed by atoms with van der Waals surface area (Å²) >= 11 is 0. The number of nitriles is 1. The Morgan fingerprint density at radius 1 is 0.940 bits per heavy atom. The third-order valence-corrected chi connectivity index (χ3v) is 10.0. The van der Waals surface area contributed by atoms with Gasteiger partial charge in [-0.3, -0.25) is 19.3 Å². The van der Waals surface area contributed by atoms with Crippen LogP contribution in [0.5, 0.6) is 0 Å². The van der Waals surface area contributed by atoms with E-state index in [9.17, 15) is 14.4 Å². The monoisotopic (exact) mass is 678 g/mol. The largest absolute Gasteiger partial charge is 0.359 e. The minimum Gasteiger partial charge on any atom is -0.359 e. The summed E-state index contributed by atoms with van der Waals surface area (Å²) in [7, 11) is 1.86. The molecule has 9 heteroatoms. The standard InChI is InChI=1S/C34H45N5O2.C7H9NO/c1-4-33(40)37-32(34(41)39-20-18-38(19-21-39)24-29-12-10-28(23-35)11-13-29)22-27-14-16-31(17-15-27)36-26(3)25(2)30-8-6-5-7-9-30;1-6(9)7-4-3-5-8(7)2/h10-17,25,30,32,36H,3-9,18-22,24H2,1-2H3,(H,37,40);3-5H,1-2H3/t25-,32?;/m1./s1. The number of anilines is 1. The molecule has 0 spiro atoms. The van der Waals surface area contributed by atoms with Crippen LogP contribution in [0.4, 0.5) is 5.69 Å². The number of amides is 2. The van der Waals surface area contributed by atoms with Gasteiger partial charge in [-0.2, -0.15) is 5.26 Å². The summed E-state index contributed by atoms with van der Waals surface area (Å²) in [5, 5.41) is 15.5. The first-order chi connectivity index (χ1) is 24.1. The first kappa shape index (κ1) is 38.1. The Hall–Kier alpha value is -4.68. The highest BCUT2D eigenvalue weighted by Gasteiger charge is 2.29. The Bertz CT molecular complexity index is 1610. The van der Waals surface area contributed by atoms with Crippen LogP contribution in [-0.2, 0) is 29.6 Å². The highest BCUT2D eigenvalue weighted by molar-refractivity contribution is 5.92. The van der Waals surface area contributed by atoms with Gasteiger partial charge in [0.15, 0.2) is 5.78 Å². The van der Waals surface area contributed by atoms with Gasteiger partial charge in [0, 0.05) is 77.1 Å². The van der Waals surface area contributed by atoms with Crippen molar-refractivity contribution in [2.24, 2.45) is 18.9 Å². The lowest BCUT2D eigenvalue weighted by atomic mass is 9.79. The van der Waals surface area contributed by atoms with Crippen LogP contribution in [0.15, 0.2) is 79.1 Å². The number of aromatic nitrogens is 1. The normalized spacial score (nSPS) is 16.3. The quantitative estimate of drug-likeness (QED) is 0.206. The number of Topliss-reactive ketones (excluding diaryl/α,β-unsaturated/α-hetero) is 1. The van der Waals surface area contributed by atoms with E-state index < -0.39 is 6.04 Å². The van der Waals surface area contributed by atoms with Gasteiger partial charge in [-0.05, 0) is 72.2 Å². The zero-order valence-corrected chi connectivity index (χ0v) is 30.3. The van der Waals surface area contributed by atoms with Crippen molar-refractivity contribution >= 4 is 23.3 Å². The van der Waals surface area contributed by atoms with Gasteiger partial charge >= 0.3 is 0 Å². The molecule has 1 aromatic heterocycles. The van der Waals surface area contributed by atoms with Crippen LogP contribution in [0, 0.1) is 23.2 Å². The molecule has 2 aromatic carbocycles. The molecule has 2 N–H and O–H groups in total. The number of carbonyl (C=O) groups is 3. The molecule has 1 aliphatic carbocycles. The molecule has 9 nitrogen and oxygen atoms in total. The number of allylic oxidation sites excluding steroid dienone is 1. The number of nitrogens with one attached hydrogen (secondary N) is 2. The summed E-state index contributed by atoms with van der Waals surface area (Å²) in [5.74, 6) is 1.11. The minimum atomic E-state index is -0.590. The molecule has 1 aliphatic heterocycles. The Morgan fingerprint density at radius 2 is 1.58 bits per heavy atom. The van der Waals surface area contributed by atoms with Gasteiger partial charge in [-0.15, -0.1) is 0 Å². The van der Waals surface area contributed by atoms with E-state index in [-0.39, 0.29) is 17.6 Å². The maximum atomic E-state index is 13.6. The molecule has 5 rings (SSSR count). The van der Waals surface area contributed by atoms with Crippen molar-refractivity contribution in [1.82, 2.24) is 19.7 Å². The summed E-state index contributed by atoms with van der Waals surface area (Å²) in [6.07, 6.45) is 9.21. The molecule has 1 saturated heterocycles. The van der Waals surface area contributed by atoms with Crippen LogP contribution >= 0.6 is 0 Å². The van der Waals surface area contributed by atoms with E-state index in [1.807, 2.05) is 83.4 Å². The molecular formula is C41H54N6O3. The van der Waals surface area contributed by atoms with Gasteiger partial charge < -0.3 is 20.1 Å². The molecule has 1 unspecified atom stereocenters. The zero-order valence-electron chi connectivity index (χ0n) is 30.3. The number of benzene rings is 2. The maximum Gasteiger partial charge on any atom is 0.245 e. The predicted molar refractivity (Wildman–Crippen MR) is 199 cm³/mol. The maximum absolute atomic E-state index is 13.6. The van der Waals surface area contributed by atoms with Crippen molar-refractivity contribution in [2.75, 3.05) is 31.5 Å². The number of hydrogen-bond donors (Lipinski definition) is 2. The van der Waals surface area contributed by atoms with Gasteiger partial charge in [0.2, 0.25) is 11.8 Å². The van der Waals surface area contributed by atoms with Crippen molar-refractivity contribution < 1.29 is 14.4 Å². The van der Waals surface area contributed by atoms with E-state index in [1.165, 1.54) is 32.1 Å². The lowest BCUT2D eigenvalue weighted by molar-refractivity contribution is -0.138. The van der Waals surface area contributed by atoms with E-state index in [0.717, 1.165) is 47.8 Å². The molecule has 50 heavy (non-hydrogen) atoms. The fraction of sp³-hybridized carbons (Fsp3) is 0.463. The molecule has 0 radical (unpaired) electrons. The SMILES string of the molecule is C=C(Nc1ccc(CC(NC(=O)CC)C(=O)N2CCN(Cc3ccc(C#N)cc3)CC2)cc1)[C@@H](C)C1CCCCC1.CC(=O)c1cccn1C. The molecule has 2 fully saturated rings. The van der Waals surface area contributed by atoms with Crippen molar-refractivity contribution in [1.29, 1.82) is 5.26 Å². The average Bonchev–Trinajstić information content (AvgIpc) is 3.58. The summed E-state index contributed by atoms with van der Waals surface area (Å²) in [5.41, 5.74) is 5.64. The van der Waals surface area contributed by atoms with Gasteiger partial charge in [0.25, 0.3) is 0 Å². The van der Waals surface area contributed by atoms with Crippen molar-refractivity contribution in [3.8, 4) is 6.07 Å². The fourth-order valence-electron chi connectivity index (χ4n) is 6.79. The summed E-state index contributed by atoms with van der Waals surface area (Å²) < 4.78 is 1.81. The van der Waals surface area contributed by atoms with Gasteiger partial charge in [-0.25, -0.2) is 0 Å². The Morgan fingerprint density at radius 3 is 2.12 bits per heavy atom. The zero-order chi connectivity index (χ0) is 36.0. The average molecular weight is 679 g/mol. The molecule has 0 bridgehead atoms. The lowest BCUT2D eigenvalue weighted by Crippen LogP contribution is -2.55. The summed E-state index contributed by atoms with van der Waals surface area (Å²) in [4.78, 5) is 40.8. The highest BCUT2D eigenvalue weighted by Crippen LogP contribution is 2.33. The van der Waals surface area contributed by atoms with E-state index in [2.05, 4.69) is 35.1 Å². The second kappa shape index (κ2) is 18.9. The van der Waals surface area contributed by atoms with Crippen LogP contribution in [0.2, 0.25) is 0 Å². The molecule has 266 valence electrons. The van der Waals surface area contributed by atoms with Crippen LogP contribution in [0.25, 0.3) is 0 Å². The van der Waals surface area contributed by atoms with Crippen LogP contribution < -0.4 is 10.6 Å². The Balaban J connectivity index is 0.000000541. The smallest absolute Gasteiger partial charge is 0.245 e. The second-order valence-corrected chi connectivity index (χ2v) is 13.7. The first-order valence-electron chi connectivity index (χ1n) is 18.0. The predicted octanol–water partition coefficient (Wildman–Crippen LogP) is 6.71. The number of aryl methyl sites for hydroxylation is 1. The summed E-state index contributed by atoms with van der Waals surface area (Å²) in [6.45, 7) is 13.5. The van der Waals surface area contributed by atoms with Crippen molar-refractivity contribution in [2.45, 2.75) is 78.3 Å². The topological polar surface area (TPSA) is 110 Å². The fourth-order valence-corrected chi connectivity index (χ4v) is 6.79. The molecule has 2 amide bonds. The minimum absolute atomic E-state index is 0.0262. The number of rotatable bonds is 12. The number of nitrogens with zero attached hydrogens (tertiary/aromatic N) is 4. The van der Waals surface area contributed by atoms with E-state index in [4.69, 9.17) is 5.26 Å². The Kier molecular flexibility index (Phi) is 14.4. The number of piperazine rings is 1. The number of hydrogen-bond acceptors (Lipinski definition) is 6. The van der Waals surface area contributed by atoms with Crippen LogP contribution in [-0.4, -0.2) is 64.2 Å². The highest BCUT2D eigenvalue weighted by atomic mass is 16.2. The number of ketones is 1. The molecule has 2 aliphatic rings. The van der Waals surface area contributed by atoms with E-state index in [0.29, 0.717) is 43.3 Å². The number of carbonyl (C=O) groups excluding carboxylic acids is 3. The molecule has 2 heterocycles. The third kappa shape index (κ3) is 11.2. The van der Waals surface area contributed by atoms with Crippen LogP contribution in [0.1, 0.15) is 86.5 Å². The molecule has 1 saturated carbocycles. The first-order valence-corrected chi connectivity index (χ1v) is 18.0. The second-order valence-electron chi connectivity index (χ2n) is 13.7. The van der Waals surface area contributed by atoms with Crippen molar-refractivity contribution in [3.63, 3.8) is 0 Å². The van der Waals surface area contributed by atoms with Gasteiger partial charge in [0.1, 0.15) is 6.04 Å². The van der Waals surface area contributed by atoms with Crippen molar-refractivity contribution in [3.05, 3.63) is 102 Å². The summed E-state index contributed by atoms with van der Waals surface area (Å²) in [6, 6.07) is 21.0.